The van der Waals surface area contributed by atoms with Gasteiger partial charge in [-0.15, -0.1) is 0 Å². The van der Waals surface area contributed by atoms with Gasteiger partial charge in [-0.3, -0.25) is 0 Å². The second-order valence-corrected chi connectivity index (χ2v) is 4.47. The van der Waals surface area contributed by atoms with Crippen LogP contribution in [0.4, 0.5) is 5.82 Å². The number of carbonyl (C=O) groups is 2. The van der Waals surface area contributed by atoms with Crippen molar-refractivity contribution < 1.29 is 19.4 Å². The van der Waals surface area contributed by atoms with E-state index in [4.69, 9.17) is 0 Å². The number of ether oxygens (including phenoxy) is 1. The predicted octanol–water partition coefficient (Wildman–Crippen LogP) is 0.563. The number of esters is 1. The maximum Gasteiger partial charge on any atom is 0.376 e. The summed E-state index contributed by atoms with van der Waals surface area (Å²) in [5, 5.41) is 9.26. The number of methoxy groups -OCH3 is 1. The normalized spacial score (nSPS) is 22.3. The van der Waals surface area contributed by atoms with E-state index in [2.05, 4.69) is 14.7 Å². The van der Waals surface area contributed by atoms with E-state index in [1.807, 2.05) is 6.92 Å². The largest absolute Gasteiger partial charge is 0.480 e. The van der Waals surface area contributed by atoms with Gasteiger partial charge >= 0.3 is 11.9 Å². The minimum absolute atomic E-state index is 0.0361. The minimum atomic E-state index is -0.886. The molecule has 0 radical (unpaired) electrons. The molecule has 1 aliphatic heterocycles. The molecule has 102 valence electrons. The molecule has 2 atom stereocenters. The molecule has 0 amide bonds. The molecule has 1 aliphatic rings. The first-order valence-electron chi connectivity index (χ1n) is 5.95. The summed E-state index contributed by atoms with van der Waals surface area (Å²) in [4.78, 5) is 32.2. The Balaban J connectivity index is 2.31. The van der Waals surface area contributed by atoms with Crippen LogP contribution in [0.1, 0.15) is 24.0 Å². The number of carbonyl (C=O) groups excluding carboxylic acids is 1. The van der Waals surface area contributed by atoms with Crippen molar-refractivity contribution in [2.24, 2.45) is 5.92 Å². The third-order valence-corrected chi connectivity index (χ3v) is 3.26. The van der Waals surface area contributed by atoms with Gasteiger partial charge in [0.25, 0.3) is 0 Å². The molecule has 7 heteroatoms. The monoisotopic (exact) mass is 265 g/mol. The number of aromatic nitrogens is 2. The van der Waals surface area contributed by atoms with Crippen LogP contribution >= 0.6 is 0 Å². The number of aliphatic carboxylic acids is 1. The summed E-state index contributed by atoms with van der Waals surface area (Å²) >= 11 is 0. The van der Waals surface area contributed by atoms with Crippen molar-refractivity contribution in [1.29, 1.82) is 0 Å². The van der Waals surface area contributed by atoms with Gasteiger partial charge in [-0.2, -0.15) is 0 Å². The van der Waals surface area contributed by atoms with Gasteiger partial charge in [-0.05, 0) is 18.4 Å². The average molecular weight is 265 g/mol. The van der Waals surface area contributed by atoms with Gasteiger partial charge in [0.1, 0.15) is 11.9 Å². The highest BCUT2D eigenvalue weighted by atomic mass is 16.5. The molecule has 7 nitrogen and oxygen atoms in total. The molecule has 0 bridgehead atoms. The highest BCUT2D eigenvalue weighted by Gasteiger charge is 2.37. The Bertz CT molecular complexity index is 506. The van der Waals surface area contributed by atoms with Crippen molar-refractivity contribution in [3.05, 3.63) is 18.1 Å². The second-order valence-electron chi connectivity index (χ2n) is 4.47. The summed E-state index contributed by atoms with van der Waals surface area (Å²) in [6.45, 7) is 2.48. The predicted molar refractivity (Wildman–Crippen MR) is 65.9 cm³/mol. The summed E-state index contributed by atoms with van der Waals surface area (Å²) < 4.78 is 4.55. The zero-order valence-electron chi connectivity index (χ0n) is 10.7. The fourth-order valence-electron chi connectivity index (χ4n) is 2.28. The Labute approximate surface area is 110 Å². The standard InChI is InChI=1S/C12H15N3O4/c1-7-4-6-15(9(7)11(16)17)8-3-5-13-10(14-8)12(18)19-2/h3,5,7,9H,4,6H2,1-2H3,(H,16,17). The number of carboxylic acids is 1. The lowest BCUT2D eigenvalue weighted by Crippen LogP contribution is -2.39. The Morgan fingerprint density at radius 3 is 2.89 bits per heavy atom. The van der Waals surface area contributed by atoms with Crippen LogP contribution < -0.4 is 4.90 Å². The van der Waals surface area contributed by atoms with Crippen LogP contribution in [0.15, 0.2) is 12.3 Å². The fraction of sp³-hybridized carbons (Fsp3) is 0.500. The Hall–Kier alpha value is -2.18. The molecule has 0 saturated carbocycles. The summed E-state index contributed by atoms with van der Waals surface area (Å²) in [6.07, 6.45) is 2.20. The van der Waals surface area contributed by atoms with Gasteiger partial charge < -0.3 is 14.7 Å². The Morgan fingerprint density at radius 1 is 1.53 bits per heavy atom. The average Bonchev–Trinajstić information content (AvgIpc) is 2.80. The van der Waals surface area contributed by atoms with Crippen LogP contribution in [-0.2, 0) is 9.53 Å². The Morgan fingerprint density at radius 2 is 2.26 bits per heavy atom. The smallest absolute Gasteiger partial charge is 0.376 e. The number of anilines is 1. The summed E-state index contributed by atoms with van der Waals surface area (Å²) in [5.74, 6) is -1.12. The zero-order valence-corrected chi connectivity index (χ0v) is 10.7. The van der Waals surface area contributed by atoms with E-state index in [1.54, 1.807) is 11.0 Å². The molecule has 1 N–H and O–H groups in total. The molecular formula is C12H15N3O4. The molecule has 0 aliphatic carbocycles. The fourth-order valence-corrected chi connectivity index (χ4v) is 2.28. The lowest BCUT2D eigenvalue weighted by atomic mass is 10.0. The lowest BCUT2D eigenvalue weighted by Gasteiger charge is -2.24. The van der Waals surface area contributed by atoms with Crippen molar-refractivity contribution >= 4 is 17.8 Å². The van der Waals surface area contributed by atoms with Crippen LogP contribution in [0.2, 0.25) is 0 Å². The highest BCUT2D eigenvalue weighted by molar-refractivity contribution is 5.85. The Kier molecular flexibility index (Phi) is 3.64. The van der Waals surface area contributed by atoms with Gasteiger partial charge in [-0.1, -0.05) is 6.92 Å². The molecule has 0 aromatic carbocycles. The van der Waals surface area contributed by atoms with E-state index in [1.165, 1.54) is 13.3 Å². The number of rotatable bonds is 3. The van der Waals surface area contributed by atoms with E-state index < -0.39 is 18.0 Å². The van der Waals surface area contributed by atoms with Crippen molar-refractivity contribution in [3.8, 4) is 0 Å². The summed E-state index contributed by atoms with van der Waals surface area (Å²) in [6, 6.07) is 0.973. The van der Waals surface area contributed by atoms with E-state index in [9.17, 15) is 14.7 Å². The first kappa shape index (κ1) is 13.3. The number of carboxylic acid groups (broad SMARTS) is 1. The maximum atomic E-state index is 11.4. The van der Waals surface area contributed by atoms with Crippen molar-refractivity contribution in [2.45, 2.75) is 19.4 Å². The molecule has 1 aromatic rings. The van der Waals surface area contributed by atoms with Crippen LogP contribution in [0.3, 0.4) is 0 Å². The molecule has 1 saturated heterocycles. The number of nitrogens with zero attached hydrogens (tertiary/aromatic N) is 3. The second kappa shape index (κ2) is 5.21. The zero-order chi connectivity index (χ0) is 14.0. The first-order valence-corrected chi connectivity index (χ1v) is 5.95. The van der Waals surface area contributed by atoms with Crippen LogP contribution in [-0.4, -0.2) is 46.7 Å². The SMILES string of the molecule is COC(=O)c1nccc(N2CCC(C)C2C(=O)O)n1. The quantitative estimate of drug-likeness (QED) is 0.798. The maximum absolute atomic E-state index is 11.4. The van der Waals surface area contributed by atoms with Crippen molar-refractivity contribution in [2.75, 3.05) is 18.6 Å². The van der Waals surface area contributed by atoms with Crippen LogP contribution in [0.5, 0.6) is 0 Å². The van der Waals surface area contributed by atoms with Crippen molar-refractivity contribution in [1.82, 2.24) is 9.97 Å². The molecule has 2 unspecified atom stereocenters. The molecule has 0 spiro atoms. The molecule has 2 heterocycles. The van der Waals surface area contributed by atoms with Gasteiger partial charge in [0, 0.05) is 12.7 Å². The van der Waals surface area contributed by atoms with Gasteiger partial charge in [-0.25, -0.2) is 19.6 Å². The lowest BCUT2D eigenvalue weighted by molar-refractivity contribution is -0.139. The van der Waals surface area contributed by atoms with Gasteiger partial charge in [0.2, 0.25) is 5.82 Å². The molecule has 19 heavy (non-hydrogen) atoms. The van der Waals surface area contributed by atoms with E-state index in [0.29, 0.717) is 12.4 Å². The first-order chi connectivity index (χ1) is 9.04. The van der Waals surface area contributed by atoms with Crippen molar-refractivity contribution in [3.63, 3.8) is 0 Å². The van der Waals surface area contributed by atoms with E-state index >= 15 is 0 Å². The summed E-state index contributed by atoms with van der Waals surface area (Å²) in [7, 11) is 1.25. The molecule has 1 aromatic heterocycles. The molecule has 2 rings (SSSR count). The third kappa shape index (κ3) is 2.49. The molecular weight excluding hydrogens is 250 g/mol. The summed E-state index contributed by atoms with van der Waals surface area (Å²) in [5.41, 5.74) is 0. The topological polar surface area (TPSA) is 92.6 Å². The minimum Gasteiger partial charge on any atom is -0.480 e. The highest BCUT2D eigenvalue weighted by Crippen LogP contribution is 2.28. The number of hydrogen-bond donors (Lipinski definition) is 1. The van der Waals surface area contributed by atoms with E-state index in [0.717, 1.165) is 6.42 Å². The van der Waals surface area contributed by atoms with Gasteiger partial charge in [0.05, 0.1) is 7.11 Å². The molecule has 1 fully saturated rings. The van der Waals surface area contributed by atoms with Crippen LogP contribution in [0, 0.1) is 5.92 Å². The number of hydrogen-bond acceptors (Lipinski definition) is 6. The third-order valence-electron chi connectivity index (χ3n) is 3.26. The van der Waals surface area contributed by atoms with E-state index in [-0.39, 0.29) is 11.7 Å². The van der Waals surface area contributed by atoms with Gasteiger partial charge in [0.15, 0.2) is 0 Å². The van der Waals surface area contributed by atoms with Crippen LogP contribution in [0.25, 0.3) is 0 Å².